The van der Waals surface area contributed by atoms with Crippen molar-refractivity contribution < 1.29 is 4.79 Å². The summed E-state index contributed by atoms with van der Waals surface area (Å²) in [7, 11) is 1.96. The molecular formula is C20H30N4O. The third-order valence-corrected chi connectivity index (χ3v) is 7.62. The Morgan fingerprint density at radius 3 is 2.56 bits per heavy atom. The number of nitrogens with zero attached hydrogens (tertiary/aromatic N) is 2. The molecule has 1 amide bonds. The Labute approximate surface area is 149 Å². The first-order valence-electron chi connectivity index (χ1n) is 10.2. The van der Waals surface area contributed by atoms with E-state index in [9.17, 15) is 4.79 Å². The van der Waals surface area contributed by atoms with Gasteiger partial charge in [0.2, 0.25) is 5.91 Å². The van der Waals surface area contributed by atoms with Gasteiger partial charge in [0.05, 0.1) is 11.7 Å². The third kappa shape index (κ3) is 2.80. The van der Waals surface area contributed by atoms with Crippen LogP contribution in [0.2, 0.25) is 0 Å². The predicted molar refractivity (Wildman–Crippen MR) is 95.7 cm³/mol. The van der Waals surface area contributed by atoms with E-state index in [1.54, 1.807) is 0 Å². The fourth-order valence-corrected chi connectivity index (χ4v) is 6.65. The standard InChI is InChI=1S/C20H30N4O/c1-24-18(4-5-22-24)20-17(2-3-19(25)23-20)21-11-16-14-7-12-6-13(9-14)10-15(16)8-12/h4-5,12-17,20-21H,2-3,6-11H2,1H3,(H,23,25)/t12?,13?,14?,15?,16?,17-,20-/m1/s1. The summed E-state index contributed by atoms with van der Waals surface area (Å²) in [6.07, 6.45) is 10.8. The highest BCUT2D eigenvalue weighted by Crippen LogP contribution is 2.56. The molecule has 6 rings (SSSR count). The highest BCUT2D eigenvalue weighted by atomic mass is 16.1. The molecule has 0 spiro atoms. The maximum absolute atomic E-state index is 12.0. The lowest BCUT2D eigenvalue weighted by molar-refractivity contribution is -0.124. The number of hydrogen-bond acceptors (Lipinski definition) is 3. The number of piperidine rings is 1. The van der Waals surface area contributed by atoms with E-state index in [0.29, 0.717) is 12.5 Å². The van der Waals surface area contributed by atoms with E-state index in [4.69, 9.17) is 0 Å². The molecule has 5 fully saturated rings. The summed E-state index contributed by atoms with van der Waals surface area (Å²) in [5.74, 6) is 5.01. The Morgan fingerprint density at radius 2 is 1.92 bits per heavy atom. The Kier molecular flexibility index (Phi) is 3.88. The quantitative estimate of drug-likeness (QED) is 0.883. The first kappa shape index (κ1) is 15.9. The highest BCUT2D eigenvalue weighted by Gasteiger charge is 2.48. The van der Waals surface area contributed by atoms with E-state index in [1.165, 1.54) is 32.1 Å². The Morgan fingerprint density at radius 1 is 1.20 bits per heavy atom. The summed E-state index contributed by atoms with van der Waals surface area (Å²) < 4.78 is 1.90. The van der Waals surface area contributed by atoms with Crippen LogP contribution in [0, 0.1) is 29.6 Å². The summed E-state index contributed by atoms with van der Waals surface area (Å²) >= 11 is 0. The second kappa shape index (κ2) is 6.11. The van der Waals surface area contributed by atoms with Crippen LogP contribution in [0.3, 0.4) is 0 Å². The minimum Gasteiger partial charge on any atom is -0.346 e. The number of aryl methyl sites for hydroxylation is 1. The van der Waals surface area contributed by atoms with Crippen molar-refractivity contribution >= 4 is 5.91 Å². The minimum atomic E-state index is 0.0468. The normalized spacial score (nSPS) is 42.6. The fourth-order valence-electron chi connectivity index (χ4n) is 6.65. The zero-order valence-electron chi connectivity index (χ0n) is 15.2. The molecule has 0 radical (unpaired) electrons. The SMILES string of the molecule is Cn1nccc1[C@@H]1NC(=O)CC[C@H]1NCC1C2CC3CC(C2)CC1C3. The molecule has 0 aromatic carbocycles. The van der Waals surface area contributed by atoms with Crippen molar-refractivity contribution in [2.45, 2.75) is 57.0 Å². The summed E-state index contributed by atoms with van der Waals surface area (Å²) in [5, 5.41) is 11.4. The van der Waals surface area contributed by atoms with Crippen LogP contribution in [0.1, 0.15) is 56.7 Å². The van der Waals surface area contributed by atoms with Crippen molar-refractivity contribution in [3.8, 4) is 0 Å². The fraction of sp³-hybridized carbons (Fsp3) is 0.800. The molecular weight excluding hydrogens is 312 g/mol. The van der Waals surface area contributed by atoms with Crippen LogP contribution >= 0.6 is 0 Å². The number of carbonyl (C=O) groups is 1. The monoisotopic (exact) mass is 342 g/mol. The summed E-state index contributed by atoms with van der Waals surface area (Å²) in [6.45, 7) is 1.13. The van der Waals surface area contributed by atoms with Gasteiger partial charge in [0.25, 0.3) is 0 Å². The summed E-state index contributed by atoms with van der Waals surface area (Å²) in [6, 6.07) is 2.41. The Hall–Kier alpha value is -1.36. The average molecular weight is 342 g/mol. The predicted octanol–water partition coefficient (Wildman–Crippen LogP) is 2.40. The molecule has 0 unspecified atom stereocenters. The molecule has 5 nitrogen and oxygen atoms in total. The van der Waals surface area contributed by atoms with Crippen LogP contribution in [0.4, 0.5) is 0 Å². The lowest BCUT2D eigenvalue weighted by Gasteiger charge is -2.55. The first-order chi connectivity index (χ1) is 12.2. The zero-order valence-corrected chi connectivity index (χ0v) is 15.2. The van der Waals surface area contributed by atoms with Gasteiger partial charge >= 0.3 is 0 Å². The van der Waals surface area contributed by atoms with Crippen molar-refractivity contribution in [2.75, 3.05) is 6.54 Å². The number of rotatable bonds is 4. The van der Waals surface area contributed by atoms with Crippen LogP contribution in [0.15, 0.2) is 12.3 Å². The molecule has 4 saturated carbocycles. The van der Waals surface area contributed by atoms with E-state index in [1.807, 2.05) is 24.0 Å². The van der Waals surface area contributed by atoms with E-state index < -0.39 is 0 Å². The third-order valence-electron chi connectivity index (χ3n) is 7.62. The van der Waals surface area contributed by atoms with Gasteiger partial charge in [0.1, 0.15) is 0 Å². The lowest BCUT2D eigenvalue weighted by Crippen LogP contribution is -2.53. The maximum Gasteiger partial charge on any atom is 0.220 e. The Balaban J connectivity index is 1.28. The number of nitrogens with one attached hydrogen (secondary N) is 2. The molecule has 136 valence electrons. The van der Waals surface area contributed by atoms with E-state index in [2.05, 4.69) is 15.7 Å². The van der Waals surface area contributed by atoms with Crippen LogP contribution in [-0.4, -0.2) is 28.3 Å². The molecule has 4 bridgehead atoms. The van der Waals surface area contributed by atoms with Crippen molar-refractivity contribution in [3.05, 3.63) is 18.0 Å². The van der Waals surface area contributed by atoms with Gasteiger partial charge in [-0.2, -0.15) is 5.10 Å². The van der Waals surface area contributed by atoms with Gasteiger partial charge in [-0.3, -0.25) is 9.48 Å². The molecule has 2 heterocycles. The molecule has 1 aromatic heterocycles. The summed E-state index contributed by atoms with van der Waals surface area (Å²) in [4.78, 5) is 12.0. The van der Waals surface area contributed by atoms with Crippen LogP contribution in [0.5, 0.6) is 0 Å². The molecule has 1 aromatic rings. The van der Waals surface area contributed by atoms with Gasteiger partial charge in [-0.25, -0.2) is 0 Å². The highest BCUT2D eigenvalue weighted by molar-refractivity contribution is 5.77. The van der Waals surface area contributed by atoms with Crippen LogP contribution < -0.4 is 10.6 Å². The number of aromatic nitrogens is 2. The number of amides is 1. The van der Waals surface area contributed by atoms with Crippen LogP contribution in [-0.2, 0) is 11.8 Å². The number of carbonyl (C=O) groups excluding carboxylic acids is 1. The van der Waals surface area contributed by atoms with Gasteiger partial charge < -0.3 is 10.6 Å². The molecule has 1 saturated heterocycles. The molecule has 25 heavy (non-hydrogen) atoms. The average Bonchev–Trinajstić information content (AvgIpc) is 3.00. The molecule has 5 aliphatic rings. The first-order valence-corrected chi connectivity index (χ1v) is 10.2. The second-order valence-electron chi connectivity index (χ2n) is 9.07. The lowest BCUT2D eigenvalue weighted by atomic mass is 9.52. The van der Waals surface area contributed by atoms with Crippen molar-refractivity contribution in [1.29, 1.82) is 0 Å². The van der Waals surface area contributed by atoms with Gasteiger partial charge in [-0.05, 0) is 80.7 Å². The molecule has 1 aliphatic heterocycles. The Bertz CT molecular complexity index is 626. The van der Waals surface area contributed by atoms with E-state index in [-0.39, 0.29) is 11.9 Å². The van der Waals surface area contributed by atoms with Gasteiger partial charge in [0, 0.05) is 25.7 Å². The maximum atomic E-state index is 12.0. The minimum absolute atomic E-state index is 0.0468. The molecule has 4 aliphatic carbocycles. The van der Waals surface area contributed by atoms with Gasteiger partial charge in [0.15, 0.2) is 0 Å². The van der Waals surface area contributed by atoms with Crippen LogP contribution in [0.25, 0.3) is 0 Å². The largest absolute Gasteiger partial charge is 0.346 e. The summed E-state index contributed by atoms with van der Waals surface area (Å²) in [5.41, 5.74) is 1.11. The molecule has 5 heteroatoms. The molecule has 2 N–H and O–H groups in total. The van der Waals surface area contributed by atoms with Gasteiger partial charge in [-0.1, -0.05) is 0 Å². The number of hydrogen-bond donors (Lipinski definition) is 2. The van der Waals surface area contributed by atoms with E-state index in [0.717, 1.165) is 48.2 Å². The smallest absolute Gasteiger partial charge is 0.220 e. The van der Waals surface area contributed by atoms with Gasteiger partial charge in [-0.15, -0.1) is 0 Å². The zero-order chi connectivity index (χ0) is 17.0. The van der Waals surface area contributed by atoms with Crippen molar-refractivity contribution in [3.63, 3.8) is 0 Å². The van der Waals surface area contributed by atoms with E-state index >= 15 is 0 Å². The second-order valence-corrected chi connectivity index (χ2v) is 9.07. The molecule has 2 atom stereocenters. The van der Waals surface area contributed by atoms with Crippen molar-refractivity contribution in [2.24, 2.45) is 36.6 Å². The van der Waals surface area contributed by atoms with Crippen molar-refractivity contribution in [1.82, 2.24) is 20.4 Å². The topological polar surface area (TPSA) is 59.0 Å².